The average molecular weight is 323 g/mol. The molecule has 0 saturated heterocycles. The summed E-state index contributed by atoms with van der Waals surface area (Å²) in [4.78, 5) is 12.3. The van der Waals surface area contributed by atoms with E-state index in [9.17, 15) is 0 Å². The van der Waals surface area contributed by atoms with Crippen molar-refractivity contribution in [2.45, 2.75) is 0 Å². The molecular weight excluding hydrogens is 310 g/mol. The first-order valence-corrected chi connectivity index (χ1v) is 7.90. The van der Waals surface area contributed by atoms with Crippen LogP contribution < -0.4 is 4.74 Å². The van der Waals surface area contributed by atoms with E-state index >= 15 is 0 Å². The number of furan rings is 1. The highest BCUT2D eigenvalue weighted by molar-refractivity contribution is 7.13. The van der Waals surface area contributed by atoms with Crippen molar-refractivity contribution in [3.8, 4) is 39.3 Å². The zero-order valence-corrected chi connectivity index (χ0v) is 13.1. The number of H-pyrrole nitrogens is 1. The van der Waals surface area contributed by atoms with Gasteiger partial charge in [-0.1, -0.05) is 0 Å². The van der Waals surface area contributed by atoms with E-state index in [-0.39, 0.29) is 0 Å². The lowest BCUT2D eigenvalue weighted by atomic mass is 10.2. The van der Waals surface area contributed by atoms with Gasteiger partial charge in [0.15, 0.2) is 16.6 Å². The number of ether oxygens (including phenoxy) is 1. The smallest absolute Gasteiger partial charge is 0.167 e. The Morgan fingerprint density at radius 3 is 2.78 bits per heavy atom. The summed E-state index contributed by atoms with van der Waals surface area (Å²) in [6.45, 7) is 0. The number of aromatic amines is 1. The summed E-state index contributed by atoms with van der Waals surface area (Å²) in [5.74, 6) is 2.34. The van der Waals surface area contributed by atoms with E-state index in [4.69, 9.17) is 9.15 Å². The van der Waals surface area contributed by atoms with Crippen molar-refractivity contribution < 1.29 is 9.15 Å². The molecule has 0 spiro atoms. The molecule has 0 aliphatic heterocycles. The fourth-order valence-corrected chi connectivity index (χ4v) is 3.03. The molecule has 4 rings (SSSR count). The number of benzene rings is 1. The minimum atomic E-state index is 0.749. The molecule has 0 amide bonds. The number of thiazole rings is 1. The predicted molar refractivity (Wildman–Crippen MR) is 89.4 cm³/mol. The molecule has 3 aromatic heterocycles. The molecular formula is C17H13N3O2S. The van der Waals surface area contributed by atoms with Crippen LogP contribution in [0.1, 0.15) is 0 Å². The first kappa shape index (κ1) is 13.8. The lowest BCUT2D eigenvalue weighted by Gasteiger charge is -2.00. The second-order valence-corrected chi connectivity index (χ2v) is 5.75. The molecule has 3 heterocycles. The summed E-state index contributed by atoms with van der Waals surface area (Å²) in [7, 11) is 1.66. The Balaban J connectivity index is 1.62. The van der Waals surface area contributed by atoms with Crippen LogP contribution in [0.15, 0.2) is 58.7 Å². The number of imidazole rings is 1. The van der Waals surface area contributed by atoms with Gasteiger partial charge in [-0.05, 0) is 42.0 Å². The third kappa shape index (κ3) is 2.64. The van der Waals surface area contributed by atoms with Crippen LogP contribution in [0, 0.1) is 0 Å². The van der Waals surface area contributed by atoms with E-state index in [1.54, 1.807) is 13.4 Å². The summed E-state index contributed by atoms with van der Waals surface area (Å²) in [6.07, 6.45) is 3.45. The fraction of sp³-hybridized carbons (Fsp3) is 0.0588. The molecule has 4 aromatic rings. The SMILES string of the molecule is COc1ccc(-c2cnc(-c3nc(-c4ccco4)cs3)[nH]2)cc1. The maximum absolute atomic E-state index is 5.37. The Bertz CT molecular complexity index is 908. The Morgan fingerprint density at radius 2 is 2.04 bits per heavy atom. The molecule has 0 unspecified atom stereocenters. The maximum atomic E-state index is 5.37. The summed E-state index contributed by atoms with van der Waals surface area (Å²) in [5.41, 5.74) is 2.81. The Labute approximate surface area is 136 Å². The lowest BCUT2D eigenvalue weighted by molar-refractivity contribution is 0.415. The summed E-state index contributed by atoms with van der Waals surface area (Å²) in [5, 5.41) is 2.79. The summed E-state index contributed by atoms with van der Waals surface area (Å²) >= 11 is 1.53. The van der Waals surface area contributed by atoms with Gasteiger partial charge in [-0.3, -0.25) is 0 Å². The van der Waals surface area contributed by atoms with Crippen LogP contribution in [-0.2, 0) is 0 Å². The summed E-state index contributed by atoms with van der Waals surface area (Å²) in [6, 6.07) is 11.6. The Morgan fingerprint density at radius 1 is 1.17 bits per heavy atom. The number of rotatable bonds is 4. The number of aromatic nitrogens is 3. The quantitative estimate of drug-likeness (QED) is 0.602. The van der Waals surface area contributed by atoms with Crippen molar-refractivity contribution in [2.24, 2.45) is 0 Å². The van der Waals surface area contributed by atoms with Crippen LogP contribution in [0.4, 0.5) is 0 Å². The molecule has 0 aliphatic carbocycles. The summed E-state index contributed by atoms with van der Waals surface area (Å²) < 4.78 is 10.5. The third-order valence-corrected chi connectivity index (χ3v) is 4.31. The van der Waals surface area contributed by atoms with Gasteiger partial charge in [0.25, 0.3) is 0 Å². The maximum Gasteiger partial charge on any atom is 0.167 e. The third-order valence-electron chi connectivity index (χ3n) is 3.46. The van der Waals surface area contributed by atoms with Crippen molar-refractivity contribution in [1.82, 2.24) is 15.0 Å². The highest BCUT2D eigenvalue weighted by Crippen LogP contribution is 2.29. The van der Waals surface area contributed by atoms with Crippen molar-refractivity contribution in [2.75, 3.05) is 7.11 Å². The van der Waals surface area contributed by atoms with Gasteiger partial charge in [0.05, 0.1) is 25.3 Å². The second kappa shape index (κ2) is 5.73. The highest BCUT2D eigenvalue weighted by Gasteiger charge is 2.12. The molecule has 0 aliphatic rings. The predicted octanol–water partition coefficient (Wildman–Crippen LogP) is 4.47. The van der Waals surface area contributed by atoms with Crippen LogP contribution in [0.2, 0.25) is 0 Å². The number of nitrogens with one attached hydrogen (secondary N) is 1. The first-order chi connectivity index (χ1) is 11.3. The van der Waals surface area contributed by atoms with Crippen LogP contribution >= 0.6 is 11.3 Å². The molecule has 0 fully saturated rings. The van der Waals surface area contributed by atoms with E-state index in [0.29, 0.717) is 0 Å². The normalized spacial score (nSPS) is 10.8. The Hall–Kier alpha value is -2.86. The van der Waals surface area contributed by atoms with Gasteiger partial charge in [-0.2, -0.15) is 0 Å². The van der Waals surface area contributed by atoms with E-state index < -0.39 is 0 Å². The van der Waals surface area contributed by atoms with Crippen LogP contribution in [0.25, 0.3) is 33.5 Å². The number of hydrogen-bond donors (Lipinski definition) is 1. The number of hydrogen-bond acceptors (Lipinski definition) is 5. The monoisotopic (exact) mass is 323 g/mol. The van der Waals surface area contributed by atoms with Gasteiger partial charge in [0, 0.05) is 5.38 Å². The molecule has 0 saturated carbocycles. The zero-order chi connectivity index (χ0) is 15.6. The largest absolute Gasteiger partial charge is 0.497 e. The van der Waals surface area contributed by atoms with Gasteiger partial charge in [-0.25, -0.2) is 9.97 Å². The standard InChI is InChI=1S/C17H13N3O2S/c1-21-12-6-4-11(5-7-12)13-9-18-16(19-13)17-20-14(10-23-17)15-3-2-8-22-15/h2-10H,1H3,(H,18,19). The van der Waals surface area contributed by atoms with Gasteiger partial charge in [0.1, 0.15) is 11.4 Å². The molecule has 5 nitrogen and oxygen atoms in total. The van der Waals surface area contributed by atoms with Crippen molar-refractivity contribution >= 4 is 11.3 Å². The molecule has 6 heteroatoms. The van der Waals surface area contributed by atoms with Crippen LogP contribution in [0.3, 0.4) is 0 Å². The second-order valence-electron chi connectivity index (χ2n) is 4.89. The zero-order valence-electron chi connectivity index (χ0n) is 12.3. The molecule has 1 aromatic carbocycles. The minimum Gasteiger partial charge on any atom is -0.497 e. The topological polar surface area (TPSA) is 63.9 Å². The number of nitrogens with zero attached hydrogens (tertiary/aromatic N) is 2. The molecule has 0 radical (unpaired) electrons. The molecule has 0 bridgehead atoms. The average Bonchev–Trinajstić information content (AvgIpc) is 3.34. The van der Waals surface area contributed by atoms with Crippen LogP contribution in [-0.4, -0.2) is 22.1 Å². The first-order valence-electron chi connectivity index (χ1n) is 7.03. The van der Waals surface area contributed by atoms with Crippen molar-refractivity contribution in [1.29, 1.82) is 0 Å². The van der Waals surface area contributed by atoms with Gasteiger partial charge in [-0.15, -0.1) is 11.3 Å². The van der Waals surface area contributed by atoms with Crippen LogP contribution in [0.5, 0.6) is 5.75 Å². The van der Waals surface area contributed by atoms with E-state index in [0.717, 1.165) is 39.3 Å². The van der Waals surface area contributed by atoms with E-state index in [1.165, 1.54) is 11.3 Å². The fourth-order valence-electron chi connectivity index (χ4n) is 2.27. The van der Waals surface area contributed by atoms with Crippen molar-refractivity contribution in [3.05, 3.63) is 54.2 Å². The molecule has 23 heavy (non-hydrogen) atoms. The van der Waals surface area contributed by atoms with E-state index in [2.05, 4.69) is 15.0 Å². The lowest BCUT2D eigenvalue weighted by Crippen LogP contribution is -1.83. The highest BCUT2D eigenvalue weighted by atomic mass is 32.1. The van der Waals surface area contributed by atoms with Gasteiger partial charge < -0.3 is 14.1 Å². The van der Waals surface area contributed by atoms with E-state index in [1.807, 2.05) is 48.0 Å². The molecule has 1 N–H and O–H groups in total. The minimum absolute atomic E-state index is 0.749. The molecule has 0 atom stereocenters. The molecule has 114 valence electrons. The van der Waals surface area contributed by atoms with Gasteiger partial charge >= 0.3 is 0 Å². The number of methoxy groups -OCH3 is 1. The Kier molecular flexibility index (Phi) is 3.44. The van der Waals surface area contributed by atoms with Crippen molar-refractivity contribution in [3.63, 3.8) is 0 Å². The van der Waals surface area contributed by atoms with Gasteiger partial charge in [0.2, 0.25) is 0 Å².